The van der Waals surface area contributed by atoms with E-state index in [-0.39, 0.29) is 0 Å². The molecule has 1 N–H and O–H groups in total. The van der Waals surface area contributed by atoms with E-state index < -0.39 is 0 Å². The average molecular weight is 277 g/mol. The molecule has 3 rings (SSSR count). The van der Waals surface area contributed by atoms with Gasteiger partial charge < -0.3 is 5.32 Å². The summed E-state index contributed by atoms with van der Waals surface area (Å²) in [5.74, 6) is 0. The van der Waals surface area contributed by atoms with Crippen molar-refractivity contribution in [2.75, 3.05) is 7.05 Å². The van der Waals surface area contributed by atoms with Crippen LogP contribution in [-0.4, -0.2) is 16.8 Å². The van der Waals surface area contributed by atoms with Gasteiger partial charge in [0.2, 0.25) is 0 Å². The smallest absolute Gasteiger partial charge is 0.0731 e. The van der Waals surface area contributed by atoms with Crippen LogP contribution in [-0.2, 0) is 13.1 Å². The summed E-state index contributed by atoms with van der Waals surface area (Å²) >= 11 is 0. The summed E-state index contributed by atoms with van der Waals surface area (Å²) in [5.41, 5.74) is 4.87. The molecule has 21 heavy (non-hydrogen) atoms. The van der Waals surface area contributed by atoms with Crippen LogP contribution in [0.25, 0.3) is 11.3 Å². The molecule has 0 amide bonds. The van der Waals surface area contributed by atoms with Crippen molar-refractivity contribution in [2.45, 2.75) is 13.1 Å². The fraction of sp³-hybridized carbons (Fsp3) is 0.167. The molecule has 3 aromatic rings. The lowest BCUT2D eigenvalue weighted by Gasteiger charge is -2.10. The molecule has 0 aliphatic rings. The number of rotatable bonds is 5. The van der Waals surface area contributed by atoms with Crippen LogP contribution in [0.4, 0.5) is 0 Å². The van der Waals surface area contributed by atoms with Crippen LogP contribution in [0.15, 0.2) is 66.9 Å². The van der Waals surface area contributed by atoms with E-state index >= 15 is 0 Å². The zero-order valence-corrected chi connectivity index (χ0v) is 12.2. The highest BCUT2D eigenvalue weighted by atomic mass is 15.3. The number of nitrogens with one attached hydrogen (secondary N) is 1. The topological polar surface area (TPSA) is 29.9 Å². The van der Waals surface area contributed by atoms with Crippen LogP contribution in [0.5, 0.6) is 0 Å². The second kappa shape index (κ2) is 6.37. The third-order valence-electron chi connectivity index (χ3n) is 3.50. The van der Waals surface area contributed by atoms with Gasteiger partial charge in [-0.2, -0.15) is 5.10 Å². The van der Waals surface area contributed by atoms with Crippen LogP contribution < -0.4 is 5.32 Å². The van der Waals surface area contributed by atoms with Crippen molar-refractivity contribution in [3.8, 4) is 11.3 Å². The van der Waals surface area contributed by atoms with Crippen LogP contribution in [0.3, 0.4) is 0 Å². The molecule has 0 atom stereocenters. The number of hydrogen-bond donors (Lipinski definition) is 1. The van der Waals surface area contributed by atoms with Crippen LogP contribution in [0.2, 0.25) is 0 Å². The van der Waals surface area contributed by atoms with E-state index in [1.807, 2.05) is 25.4 Å². The maximum atomic E-state index is 4.58. The van der Waals surface area contributed by atoms with Gasteiger partial charge in [-0.15, -0.1) is 0 Å². The SMILES string of the molecule is CNCc1cnn(Cc2ccccc2)c1-c1ccccc1. The Labute approximate surface area is 125 Å². The van der Waals surface area contributed by atoms with E-state index in [9.17, 15) is 0 Å². The van der Waals surface area contributed by atoms with Gasteiger partial charge in [-0.25, -0.2) is 0 Å². The Balaban J connectivity index is 2.01. The lowest BCUT2D eigenvalue weighted by molar-refractivity contribution is 0.693. The molecule has 2 aromatic carbocycles. The summed E-state index contributed by atoms with van der Waals surface area (Å²) in [5, 5.41) is 7.80. The Hall–Kier alpha value is -2.39. The molecular formula is C18H19N3. The molecular weight excluding hydrogens is 258 g/mol. The van der Waals surface area contributed by atoms with E-state index in [0.717, 1.165) is 13.1 Å². The van der Waals surface area contributed by atoms with Crippen molar-refractivity contribution < 1.29 is 0 Å². The second-order valence-electron chi connectivity index (χ2n) is 5.06. The summed E-state index contributed by atoms with van der Waals surface area (Å²) in [7, 11) is 1.96. The maximum absolute atomic E-state index is 4.58. The summed E-state index contributed by atoms with van der Waals surface area (Å²) in [6.45, 7) is 1.60. The molecule has 1 heterocycles. The van der Waals surface area contributed by atoms with Crippen LogP contribution in [0.1, 0.15) is 11.1 Å². The quantitative estimate of drug-likeness (QED) is 0.775. The van der Waals surface area contributed by atoms with E-state index in [0.29, 0.717) is 0 Å². The molecule has 0 aliphatic carbocycles. The van der Waals surface area contributed by atoms with Gasteiger partial charge in [0.1, 0.15) is 0 Å². The first-order chi connectivity index (χ1) is 10.4. The fourth-order valence-corrected chi connectivity index (χ4v) is 2.55. The summed E-state index contributed by atoms with van der Waals surface area (Å²) in [4.78, 5) is 0. The molecule has 3 heteroatoms. The second-order valence-corrected chi connectivity index (χ2v) is 5.06. The predicted molar refractivity (Wildman–Crippen MR) is 86.0 cm³/mol. The van der Waals surface area contributed by atoms with Crippen molar-refractivity contribution >= 4 is 0 Å². The molecule has 0 saturated carbocycles. The molecule has 0 radical (unpaired) electrons. The number of benzene rings is 2. The van der Waals surface area contributed by atoms with Crippen molar-refractivity contribution in [3.05, 3.63) is 78.0 Å². The van der Waals surface area contributed by atoms with Crippen molar-refractivity contribution in [2.24, 2.45) is 0 Å². The van der Waals surface area contributed by atoms with Gasteiger partial charge in [0.15, 0.2) is 0 Å². The zero-order valence-electron chi connectivity index (χ0n) is 12.2. The molecule has 0 bridgehead atoms. The lowest BCUT2D eigenvalue weighted by atomic mass is 10.1. The molecule has 0 saturated heterocycles. The largest absolute Gasteiger partial charge is 0.316 e. The Morgan fingerprint density at radius 3 is 2.29 bits per heavy atom. The minimum atomic E-state index is 0.786. The highest BCUT2D eigenvalue weighted by Gasteiger charge is 2.12. The Kier molecular flexibility index (Phi) is 4.12. The minimum Gasteiger partial charge on any atom is -0.316 e. The maximum Gasteiger partial charge on any atom is 0.0731 e. The van der Waals surface area contributed by atoms with Crippen molar-refractivity contribution in [1.82, 2.24) is 15.1 Å². The predicted octanol–water partition coefficient (Wildman–Crippen LogP) is 3.32. The molecule has 0 unspecified atom stereocenters. The minimum absolute atomic E-state index is 0.786. The Bertz CT molecular complexity index is 687. The number of nitrogens with zero attached hydrogens (tertiary/aromatic N) is 2. The lowest BCUT2D eigenvalue weighted by Crippen LogP contribution is -2.08. The third kappa shape index (κ3) is 3.03. The molecule has 3 nitrogen and oxygen atoms in total. The van der Waals surface area contributed by atoms with Crippen LogP contribution in [0, 0.1) is 0 Å². The summed E-state index contributed by atoms with van der Waals surface area (Å²) < 4.78 is 2.08. The van der Waals surface area contributed by atoms with Crippen molar-refractivity contribution in [3.63, 3.8) is 0 Å². The first-order valence-electron chi connectivity index (χ1n) is 7.17. The summed E-state index contributed by atoms with van der Waals surface area (Å²) in [6.07, 6.45) is 1.96. The van der Waals surface area contributed by atoms with Gasteiger partial charge in [-0.1, -0.05) is 60.7 Å². The van der Waals surface area contributed by atoms with Gasteiger partial charge in [-0.3, -0.25) is 4.68 Å². The Morgan fingerprint density at radius 1 is 0.952 bits per heavy atom. The van der Waals surface area contributed by atoms with E-state index in [1.54, 1.807) is 0 Å². The first kappa shape index (κ1) is 13.6. The highest BCUT2D eigenvalue weighted by molar-refractivity contribution is 5.63. The van der Waals surface area contributed by atoms with Gasteiger partial charge >= 0.3 is 0 Å². The zero-order chi connectivity index (χ0) is 14.5. The first-order valence-corrected chi connectivity index (χ1v) is 7.17. The number of hydrogen-bond acceptors (Lipinski definition) is 2. The highest BCUT2D eigenvalue weighted by Crippen LogP contribution is 2.24. The molecule has 0 aliphatic heterocycles. The standard InChI is InChI=1S/C18H19N3/c1-19-12-17-13-20-21(14-15-8-4-2-5-9-15)18(17)16-10-6-3-7-11-16/h2-11,13,19H,12,14H2,1H3. The van der Waals surface area contributed by atoms with E-state index in [2.05, 4.69) is 63.6 Å². The number of aromatic nitrogens is 2. The molecule has 1 aromatic heterocycles. The monoisotopic (exact) mass is 277 g/mol. The molecule has 106 valence electrons. The average Bonchev–Trinajstić information content (AvgIpc) is 2.92. The van der Waals surface area contributed by atoms with Gasteiger partial charge in [-0.05, 0) is 12.6 Å². The van der Waals surface area contributed by atoms with E-state index in [4.69, 9.17) is 0 Å². The van der Waals surface area contributed by atoms with Crippen LogP contribution >= 0.6 is 0 Å². The van der Waals surface area contributed by atoms with Crippen molar-refractivity contribution in [1.29, 1.82) is 0 Å². The van der Waals surface area contributed by atoms with Gasteiger partial charge in [0.05, 0.1) is 18.4 Å². The fourth-order valence-electron chi connectivity index (χ4n) is 2.55. The third-order valence-corrected chi connectivity index (χ3v) is 3.50. The molecule has 0 fully saturated rings. The van der Waals surface area contributed by atoms with Gasteiger partial charge in [0, 0.05) is 17.7 Å². The Morgan fingerprint density at radius 2 is 1.62 bits per heavy atom. The summed E-state index contributed by atoms with van der Waals surface area (Å²) in [6, 6.07) is 20.9. The van der Waals surface area contributed by atoms with E-state index in [1.165, 1.54) is 22.4 Å². The van der Waals surface area contributed by atoms with Gasteiger partial charge in [0.25, 0.3) is 0 Å². The normalized spacial score (nSPS) is 10.7. The molecule has 0 spiro atoms.